The third kappa shape index (κ3) is 4.21. The molecule has 2 N–H and O–H groups in total. The minimum atomic E-state index is -3.78. The van der Waals surface area contributed by atoms with Crippen molar-refractivity contribution in [3.8, 4) is 17.4 Å². The molecule has 0 aliphatic rings. The van der Waals surface area contributed by atoms with Gasteiger partial charge in [0.1, 0.15) is 5.75 Å². The van der Waals surface area contributed by atoms with Crippen molar-refractivity contribution in [1.29, 1.82) is 0 Å². The number of methoxy groups -OCH3 is 1. The normalized spacial score (nSPS) is 11.9. The molecule has 0 spiro atoms. The molecule has 10 heteroatoms. The zero-order valence-electron chi connectivity index (χ0n) is 13.1. The maximum atomic E-state index is 11.1. The van der Waals surface area contributed by atoms with Crippen molar-refractivity contribution >= 4 is 39.3 Å². The molecule has 0 aliphatic carbocycles. The summed E-state index contributed by atoms with van der Waals surface area (Å²) >= 11 is 12.1. The first-order valence-electron chi connectivity index (χ1n) is 6.57. The van der Waals surface area contributed by atoms with Crippen LogP contribution in [0.4, 0.5) is 0 Å². The summed E-state index contributed by atoms with van der Waals surface area (Å²) in [6, 6.07) is 3.01. The molecule has 1 aromatic carbocycles. The molecule has 1 heterocycles. The number of nitrogens with zero attached hydrogens (tertiary/aromatic N) is 2. The summed E-state index contributed by atoms with van der Waals surface area (Å²) in [6.45, 7) is 1.71. The van der Waals surface area contributed by atoms with Crippen LogP contribution in [0.5, 0.6) is 17.4 Å². The lowest BCUT2D eigenvalue weighted by atomic mass is 10.2. The molecule has 0 radical (unpaired) electrons. The largest absolute Gasteiger partial charge is 0.495 e. The number of hydrogen-bond donors (Lipinski definition) is 1. The summed E-state index contributed by atoms with van der Waals surface area (Å²) in [4.78, 5) is 0. The van der Waals surface area contributed by atoms with Crippen LogP contribution in [-0.2, 0) is 17.1 Å². The highest BCUT2D eigenvalue weighted by molar-refractivity contribution is 7.92. The van der Waals surface area contributed by atoms with Gasteiger partial charge in [-0.1, -0.05) is 23.2 Å². The number of aromatic nitrogens is 2. The number of benzene rings is 1. The Morgan fingerprint density at radius 2 is 1.88 bits per heavy atom. The Hall–Kier alpha value is -1.74. The predicted molar refractivity (Wildman–Crippen MR) is 93.2 cm³/mol. The van der Waals surface area contributed by atoms with Gasteiger partial charge in [0.2, 0.25) is 15.9 Å². The molecule has 130 valence electrons. The lowest BCUT2D eigenvalue weighted by Crippen LogP contribution is -2.06. The molecule has 2 aromatic rings. The van der Waals surface area contributed by atoms with E-state index in [0.717, 1.165) is 5.41 Å². The van der Waals surface area contributed by atoms with E-state index in [1.165, 1.54) is 30.0 Å². The van der Waals surface area contributed by atoms with Crippen LogP contribution in [0.25, 0.3) is 6.08 Å². The average Bonchev–Trinajstić information content (AvgIpc) is 2.72. The number of aryl methyl sites for hydroxylation is 2. The number of primary sulfonamides is 1. The van der Waals surface area contributed by atoms with E-state index in [0.29, 0.717) is 27.9 Å². The van der Waals surface area contributed by atoms with Gasteiger partial charge in [0.15, 0.2) is 5.75 Å². The first-order chi connectivity index (χ1) is 11.1. The van der Waals surface area contributed by atoms with Crippen molar-refractivity contribution < 1.29 is 17.9 Å². The monoisotopic (exact) mass is 391 g/mol. The molecule has 2 rings (SSSR count). The quantitative estimate of drug-likeness (QED) is 0.844. The van der Waals surface area contributed by atoms with Crippen LogP contribution in [0.3, 0.4) is 0 Å². The SMILES string of the molecule is COc1cc(Oc2c(/C=C/S(N)(=O)=O)c(C)nn2C)c(Cl)cc1Cl. The van der Waals surface area contributed by atoms with Gasteiger partial charge in [-0.2, -0.15) is 5.10 Å². The number of sulfonamides is 1. The highest BCUT2D eigenvalue weighted by atomic mass is 35.5. The van der Waals surface area contributed by atoms with Crippen molar-refractivity contribution in [2.45, 2.75) is 6.92 Å². The number of nitrogens with two attached hydrogens (primary N) is 1. The number of hydrogen-bond acceptors (Lipinski definition) is 5. The topological polar surface area (TPSA) is 96.4 Å². The molecule has 0 unspecified atom stereocenters. The van der Waals surface area contributed by atoms with E-state index in [9.17, 15) is 8.42 Å². The molecule has 0 amide bonds. The molecule has 0 fully saturated rings. The van der Waals surface area contributed by atoms with Crippen LogP contribution in [-0.4, -0.2) is 25.3 Å². The highest BCUT2D eigenvalue weighted by Gasteiger charge is 2.17. The fourth-order valence-electron chi connectivity index (χ4n) is 1.98. The average molecular weight is 392 g/mol. The second kappa shape index (κ2) is 7.02. The summed E-state index contributed by atoms with van der Waals surface area (Å²) < 4.78 is 34.7. The first-order valence-corrected chi connectivity index (χ1v) is 8.94. The fraction of sp³-hybridized carbons (Fsp3) is 0.214. The van der Waals surface area contributed by atoms with Crippen LogP contribution in [0, 0.1) is 6.92 Å². The summed E-state index contributed by atoms with van der Waals surface area (Å²) in [7, 11) is -0.664. The molecule has 1 aromatic heterocycles. The number of halogens is 2. The van der Waals surface area contributed by atoms with Crippen LogP contribution in [0.15, 0.2) is 17.5 Å². The second-order valence-corrected chi connectivity index (χ2v) is 7.10. The first kappa shape index (κ1) is 18.6. The Balaban J connectivity index is 2.49. The van der Waals surface area contributed by atoms with Crippen LogP contribution in [0.2, 0.25) is 10.0 Å². The molecule has 0 aliphatic heterocycles. The molecule has 0 saturated carbocycles. The Kier molecular flexibility index (Phi) is 5.44. The zero-order chi connectivity index (χ0) is 18.1. The summed E-state index contributed by atoms with van der Waals surface area (Å²) in [5, 5.41) is 10.7. The second-order valence-electron chi connectivity index (χ2n) is 4.84. The maximum Gasteiger partial charge on any atom is 0.231 e. The van der Waals surface area contributed by atoms with E-state index in [2.05, 4.69) is 5.10 Å². The van der Waals surface area contributed by atoms with Gasteiger partial charge >= 0.3 is 0 Å². The van der Waals surface area contributed by atoms with Gasteiger partial charge in [0.05, 0.1) is 28.4 Å². The predicted octanol–water partition coefficient (Wildman–Crippen LogP) is 3.10. The van der Waals surface area contributed by atoms with E-state index < -0.39 is 10.0 Å². The Bertz CT molecular complexity index is 907. The lowest BCUT2D eigenvalue weighted by molar-refractivity contribution is 0.402. The van der Waals surface area contributed by atoms with E-state index in [4.69, 9.17) is 37.8 Å². The van der Waals surface area contributed by atoms with Gasteiger partial charge in [0, 0.05) is 18.5 Å². The zero-order valence-corrected chi connectivity index (χ0v) is 15.4. The number of rotatable bonds is 5. The highest BCUT2D eigenvalue weighted by Crippen LogP contribution is 2.39. The van der Waals surface area contributed by atoms with Crippen LogP contribution < -0.4 is 14.6 Å². The third-order valence-corrected chi connectivity index (χ3v) is 4.16. The molecule has 0 bridgehead atoms. The molecule has 0 atom stereocenters. The maximum absolute atomic E-state index is 11.1. The van der Waals surface area contributed by atoms with Crippen LogP contribution in [0.1, 0.15) is 11.3 Å². The van der Waals surface area contributed by atoms with Crippen molar-refractivity contribution in [2.24, 2.45) is 12.2 Å². The van der Waals surface area contributed by atoms with E-state index in [1.54, 1.807) is 14.0 Å². The van der Waals surface area contributed by atoms with Crippen LogP contribution >= 0.6 is 23.2 Å². The minimum Gasteiger partial charge on any atom is -0.495 e. The Morgan fingerprint density at radius 1 is 1.25 bits per heavy atom. The number of ether oxygens (including phenoxy) is 2. The van der Waals surface area contributed by atoms with Gasteiger partial charge in [-0.05, 0) is 19.1 Å². The molecule has 0 saturated heterocycles. The molecular weight excluding hydrogens is 377 g/mol. The molecule has 24 heavy (non-hydrogen) atoms. The van der Waals surface area contributed by atoms with Gasteiger partial charge in [-0.25, -0.2) is 18.2 Å². The summed E-state index contributed by atoms with van der Waals surface area (Å²) in [5.41, 5.74) is 1.01. The standard InChI is InChI=1S/C14H15Cl2N3O4S/c1-8-9(4-5-24(17,20)21)14(19(2)18-8)23-13-7-12(22-3)10(15)6-11(13)16/h4-7H,1-3H3,(H2,17,20,21)/b5-4+. The third-order valence-electron chi connectivity index (χ3n) is 3.05. The van der Waals surface area contributed by atoms with Crippen molar-refractivity contribution in [3.05, 3.63) is 38.8 Å². The Labute approximate surface area is 149 Å². The van der Waals surface area contributed by atoms with E-state index in [1.807, 2.05) is 0 Å². The van der Waals surface area contributed by atoms with Gasteiger partial charge in [-0.15, -0.1) is 0 Å². The van der Waals surface area contributed by atoms with Gasteiger partial charge in [-0.3, -0.25) is 0 Å². The summed E-state index contributed by atoms with van der Waals surface area (Å²) in [6.07, 6.45) is 1.31. The van der Waals surface area contributed by atoms with E-state index >= 15 is 0 Å². The minimum absolute atomic E-state index is 0.265. The van der Waals surface area contributed by atoms with Gasteiger partial charge < -0.3 is 9.47 Å². The van der Waals surface area contributed by atoms with Crippen molar-refractivity contribution in [1.82, 2.24) is 9.78 Å². The van der Waals surface area contributed by atoms with E-state index in [-0.39, 0.29) is 10.8 Å². The molecular formula is C14H15Cl2N3O4S. The fourth-order valence-corrected chi connectivity index (χ4v) is 2.80. The van der Waals surface area contributed by atoms with Crippen molar-refractivity contribution in [3.63, 3.8) is 0 Å². The summed E-state index contributed by atoms with van der Waals surface area (Å²) in [5.74, 6) is 0.960. The lowest BCUT2D eigenvalue weighted by Gasteiger charge is -2.11. The molecule has 7 nitrogen and oxygen atoms in total. The smallest absolute Gasteiger partial charge is 0.231 e. The van der Waals surface area contributed by atoms with Crippen molar-refractivity contribution in [2.75, 3.05) is 7.11 Å². The Morgan fingerprint density at radius 3 is 2.46 bits per heavy atom. The van der Waals surface area contributed by atoms with Gasteiger partial charge in [0.25, 0.3) is 0 Å².